The van der Waals surface area contributed by atoms with Crippen LogP contribution in [0, 0.1) is 10.8 Å². The fraction of sp³-hybridized carbons (Fsp3) is 0.625. The third-order valence-electron chi connectivity index (χ3n) is 5.13. The van der Waals surface area contributed by atoms with E-state index < -0.39 is 11.9 Å². The molecule has 0 saturated carbocycles. The standard InChI is InChI=1S/C16H22O4/c17-13(18)5-11-15-7-1-2-8-16(15,10-4-3-9-15)12-6-14(19)20/h1-4H,5-12H2,(H,17,18)(H,19,20). The van der Waals surface area contributed by atoms with Crippen LogP contribution in [0.15, 0.2) is 24.3 Å². The van der Waals surface area contributed by atoms with Crippen molar-refractivity contribution in [3.63, 3.8) is 0 Å². The molecule has 110 valence electrons. The van der Waals surface area contributed by atoms with Gasteiger partial charge in [0.15, 0.2) is 0 Å². The van der Waals surface area contributed by atoms with E-state index in [1.54, 1.807) is 0 Å². The molecule has 0 fully saturated rings. The van der Waals surface area contributed by atoms with Gasteiger partial charge in [-0.2, -0.15) is 0 Å². The zero-order valence-electron chi connectivity index (χ0n) is 11.7. The van der Waals surface area contributed by atoms with E-state index in [4.69, 9.17) is 10.2 Å². The average molecular weight is 278 g/mol. The van der Waals surface area contributed by atoms with Gasteiger partial charge in [-0.25, -0.2) is 0 Å². The number of carboxylic acids is 2. The first-order valence-electron chi connectivity index (χ1n) is 7.23. The van der Waals surface area contributed by atoms with Gasteiger partial charge < -0.3 is 10.2 Å². The molecule has 0 atom stereocenters. The second kappa shape index (κ2) is 5.81. The van der Waals surface area contributed by atoms with Gasteiger partial charge in [0.2, 0.25) is 0 Å². The molecule has 0 radical (unpaired) electrons. The Balaban J connectivity index is 2.25. The lowest BCUT2D eigenvalue weighted by atomic mass is 9.50. The third-order valence-corrected chi connectivity index (χ3v) is 5.13. The Kier molecular flexibility index (Phi) is 4.31. The monoisotopic (exact) mass is 278 g/mol. The highest BCUT2D eigenvalue weighted by atomic mass is 16.4. The summed E-state index contributed by atoms with van der Waals surface area (Å²) >= 11 is 0. The summed E-state index contributed by atoms with van der Waals surface area (Å²) in [6.07, 6.45) is 13.6. The highest BCUT2D eigenvalue weighted by molar-refractivity contribution is 5.67. The van der Waals surface area contributed by atoms with Crippen LogP contribution in [0.5, 0.6) is 0 Å². The summed E-state index contributed by atoms with van der Waals surface area (Å²) in [6, 6.07) is 0. The normalized spacial score (nSPS) is 31.8. The number of allylic oxidation sites excluding steroid dienone is 4. The van der Waals surface area contributed by atoms with E-state index >= 15 is 0 Å². The minimum atomic E-state index is -0.768. The summed E-state index contributed by atoms with van der Waals surface area (Å²) < 4.78 is 0. The molecule has 0 amide bonds. The largest absolute Gasteiger partial charge is 0.481 e. The summed E-state index contributed by atoms with van der Waals surface area (Å²) in [5, 5.41) is 18.0. The van der Waals surface area contributed by atoms with Gasteiger partial charge in [-0.15, -0.1) is 0 Å². The first-order chi connectivity index (χ1) is 9.50. The second-order valence-electron chi connectivity index (χ2n) is 6.11. The van der Waals surface area contributed by atoms with Crippen molar-refractivity contribution in [2.75, 3.05) is 0 Å². The summed E-state index contributed by atoms with van der Waals surface area (Å²) in [5.41, 5.74) is -0.158. The Morgan fingerprint density at radius 1 is 0.750 bits per heavy atom. The highest BCUT2D eigenvalue weighted by Gasteiger charge is 2.50. The van der Waals surface area contributed by atoms with Crippen molar-refractivity contribution in [2.24, 2.45) is 10.8 Å². The first-order valence-corrected chi connectivity index (χ1v) is 7.23. The quantitative estimate of drug-likeness (QED) is 0.730. The molecule has 4 nitrogen and oxygen atoms in total. The number of aliphatic carboxylic acids is 2. The van der Waals surface area contributed by atoms with E-state index in [0.29, 0.717) is 12.8 Å². The van der Waals surface area contributed by atoms with Crippen molar-refractivity contribution >= 4 is 11.9 Å². The van der Waals surface area contributed by atoms with Crippen LogP contribution in [0.2, 0.25) is 0 Å². The Morgan fingerprint density at radius 3 is 1.30 bits per heavy atom. The molecule has 2 aliphatic carbocycles. The van der Waals surface area contributed by atoms with Crippen LogP contribution in [-0.4, -0.2) is 22.2 Å². The van der Waals surface area contributed by atoms with Gasteiger partial charge in [0, 0.05) is 12.8 Å². The van der Waals surface area contributed by atoms with Gasteiger partial charge in [0.05, 0.1) is 0 Å². The Bertz CT molecular complexity index is 389. The number of hydrogen-bond donors (Lipinski definition) is 2. The Labute approximate surface area is 119 Å². The molecular weight excluding hydrogens is 256 g/mol. The third kappa shape index (κ3) is 2.79. The first kappa shape index (κ1) is 14.8. The van der Waals surface area contributed by atoms with Gasteiger partial charge in [0.1, 0.15) is 0 Å². The summed E-state index contributed by atoms with van der Waals surface area (Å²) in [5.74, 6) is -1.54. The summed E-state index contributed by atoms with van der Waals surface area (Å²) in [7, 11) is 0. The Morgan fingerprint density at radius 2 is 1.05 bits per heavy atom. The van der Waals surface area contributed by atoms with Crippen LogP contribution >= 0.6 is 0 Å². The minimum Gasteiger partial charge on any atom is -0.481 e. The van der Waals surface area contributed by atoms with Gasteiger partial charge in [-0.3, -0.25) is 9.59 Å². The molecule has 0 spiro atoms. The molecule has 20 heavy (non-hydrogen) atoms. The molecule has 0 bridgehead atoms. The van der Waals surface area contributed by atoms with Gasteiger partial charge >= 0.3 is 11.9 Å². The molecule has 0 unspecified atom stereocenters. The second-order valence-corrected chi connectivity index (χ2v) is 6.11. The van der Waals surface area contributed by atoms with Crippen LogP contribution < -0.4 is 0 Å². The maximum atomic E-state index is 11.0. The Hall–Kier alpha value is -1.58. The number of fused-ring (bicyclic) bond motifs is 1. The lowest BCUT2D eigenvalue weighted by Gasteiger charge is -2.54. The lowest BCUT2D eigenvalue weighted by molar-refractivity contribution is -0.141. The maximum absolute atomic E-state index is 11.0. The lowest BCUT2D eigenvalue weighted by Crippen LogP contribution is -2.45. The minimum absolute atomic E-state index is 0.0790. The number of carboxylic acid groups (broad SMARTS) is 2. The molecule has 0 heterocycles. The van der Waals surface area contributed by atoms with Crippen molar-refractivity contribution in [1.82, 2.24) is 0 Å². The van der Waals surface area contributed by atoms with Crippen molar-refractivity contribution < 1.29 is 19.8 Å². The van der Waals surface area contributed by atoms with Gasteiger partial charge in [-0.05, 0) is 49.4 Å². The molecule has 0 saturated heterocycles. The van der Waals surface area contributed by atoms with Crippen LogP contribution in [0.4, 0.5) is 0 Å². The molecule has 0 aromatic rings. The topological polar surface area (TPSA) is 74.6 Å². The van der Waals surface area contributed by atoms with Crippen molar-refractivity contribution in [3.05, 3.63) is 24.3 Å². The van der Waals surface area contributed by atoms with E-state index in [1.165, 1.54) is 0 Å². The van der Waals surface area contributed by atoms with E-state index in [2.05, 4.69) is 24.3 Å². The van der Waals surface area contributed by atoms with E-state index in [-0.39, 0.29) is 23.7 Å². The predicted octanol–water partition coefficient (Wildman–Crippen LogP) is 3.39. The zero-order chi connectivity index (χ0) is 14.6. The summed E-state index contributed by atoms with van der Waals surface area (Å²) in [4.78, 5) is 21.9. The number of rotatable bonds is 6. The van der Waals surface area contributed by atoms with Crippen molar-refractivity contribution in [3.8, 4) is 0 Å². The number of carbonyl (C=O) groups is 2. The van der Waals surface area contributed by atoms with Gasteiger partial charge in [0.25, 0.3) is 0 Å². The molecule has 2 N–H and O–H groups in total. The molecule has 2 aliphatic rings. The molecule has 0 aliphatic heterocycles. The molecular formula is C16H22O4. The van der Waals surface area contributed by atoms with Gasteiger partial charge in [-0.1, -0.05) is 24.3 Å². The highest BCUT2D eigenvalue weighted by Crippen LogP contribution is 2.60. The van der Waals surface area contributed by atoms with E-state index in [0.717, 1.165) is 25.7 Å². The number of hydrogen-bond acceptors (Lipinski definition) is 2. The van der Waals surface area contributed by atoms with Crippen molar-refractivity contribution in [1.29, 1.82) is 0 Å². The fourth-order valence-electron chi connectivity index (χ4n) is 3.90. The maximum Gasteiger partial charge on any atom is 0.303 e. The van der Waals surface area contributed by atoms with Crippen LogP contribution in [0.1, 0.15) is 51.4 Å². The average Bonchev–Trinajstić information content (AvgIpc) is 2.43. The zero-order valence-corrected chi connectivity index (χ0v) is 11.7. The smallest absolute Gasteiger partial charge is 0.303 e. The molecule has 0 aromatic heterocycles. The van der Waals surface area contributed by atoms with E-state index in [9.17, 15) is 9.59 Å². The van der Waals surface area contributed by atoms with Crippen LogP contribution in [0.3, 0.4) is 0 Å². The summed E-state index contributed by atoms with van der Waals surface area (Å²) in [6.45, 7) is 0. The molecule has 4 heteroatoms. The molecule has 0 aromatic carbocycles. The predicted molar refractivity (Wildman–Crippen MR) is 75.4 cm³/mol. The fourth-order valence-corrected chi connectivity index (χ4v) is 3.90. The molecule has 2 rings (SSSR count). The van der Waals surface area contributed by atoms with Crippen molar-refractivity contribution in [2.45, 2.75) is 51.4 Å². The SMILES string of the molecule is O=C(O)CCC12CC=CCC1(CCC(=O)O)CC=CC2. The van der Waals surface area contributed by atoms with Crippen LogP contribution in [0.25, 0.3) is 0 Å². The van der Waals surface area contributed by atoms with Crippen LogP contribution in [-0.2, 0) is 9.59 Å². The van der Waals surface area contributed by atoms with E-state index in [1.807, 2.05) is 0 Å².